The van der Waals surface area contributed by atoms with E-state index in [1.54, 1.807) is 0 Å². The van der Waals surface area contributed by atoms with Crippen LogP contribution in [-0.2, 0) is 79.6 Å². The van der Waals surface area contributed by atoms with E-state index < -0.39 is 127 Å². The summed E-state index contributed by atoms with van der Waals surface area (Å²) in [4.78, 5) is 76.0. The number of hydrogen-bond acceptors (Lipinski definition) is 16. The van der Waals surface area contributed by atoms with E-state index in [9.17, 15) is 53.6 Å². The number of rotatable bonds is 32. The van der Waals surface area contributed by atoms with Crippen LogP contribution in [0, 0.1) is 20.2 Å². The zero-order chi connectivity index (χ0) is 55.0. The van der Waals surface area contributed by atoms with E-state index >= 15 is 17.6 Å². The summed E-state index contributed by atoms with van der Waals surface area (Å²) in [6.45, 7) is -2.00. The standard InChI is InChI=1S/C43H51Cl2F4N7O16P2/c1-53(21-5-3-19-44)73(66,68-26-32-15-17-37(70-32)55(62)63)42(46,47)30-11-7-28(8-12-30)23-35(41(61)72-50)52-40(60)34(25-39(58)59)51-36(57)24-29-9-13-31(14-10-29)43(48,49)74(67,54(2)22-6-4-20-45)69-27-33-16-18-38(71-33)56(64)65/h7-18,34-35H,3-6,19-27,50H2,1-2H3,(H,51,57)(H,52,60)(H,58,59)/t34-,35-,73?,74?/m0/s1. The molecule has 4 atom stereocenters. The molecule has 0 aliphatic rings. The summed E-state index contributed by atoms with van der Waals surface area (Å²) in [5.74, 6) is -1.60. The van der Waals surface area contributed by atoms with Crippen molar-refractivity contribution in [2.24, 2.45) is 5.90 Å². The van der Waals surface area contributed by atoms with Gasteiger partial charge in [-0.25, -0.2) is 14.1 Å². The topological polar surface area (TPSA) is 319 Å². The first-order valence-corrected chi connectivity index (χ1v) is 26.2. The van der Waals surface area contributed by atoms with Gasteiger partial charge in [-0.15, -0.1) is 23.2 Å². The highest BCUT2D eigenvalue weighted by molar-refractivity contribution is 7.57. The SMILES string of the molecule is CN(CCCCCl)P(=O)(OCc1ccc([N+](=O)[O-])o1)C(F)(F)c1ccc(CC(=O)N[C@@H](CC(=O)O)C(=O)N[C@@H](Cc2ccc(C(F)(F)P(=O)(OCc3ccc([N+](=O)[O-])o3)N(C)CCCCCl)cc2)C(=O)ON)cc1. The molecule has 2 heterocycles. The van der Waals surface area contributed by atoms with Crippen LogP contribution in [0.1, 0.15) is 65.9 Å². The van der Waals surface area contributed by atoms with Crippen LogP contribution < -0.4 is 16.5 Å². The van der Waals surface area contributed by atoms with Crippen molar-refractivity contribution >= 4 is 73.8 Å². The second-order valence-electron chi connectivity index (χ2n) is 16.2. The number of furan rings is 2. The Morgan fingerprint density at radius 1 is 0.716 bits per heavy atom. The van der Waals surface area contributed by atoms with Crippen LogP contribution in [-0.4, -0.2) is 99.1 Å². The molecule has 23 nitrogen and oxygen atoms in total. The molecule has 4 rings (SSSR count). The summed E-state index contributed by atoms with van der Waals surface area (Å²) in [6, 6.07) is 8.26. The zero-order valence-corrected chi connectivity index (χ0v) is 42.7. The lowest BCUT2D eigenvalue weighted by Gasteiger charge is -2.33. The first kappa shape index (κ1) is 60.8. The lowest BCUT2D eigenvalue weighted by atomic mass is 10.0. The number of carboxylic acid groups (broad SMARTS) is 1. The monoisotopic (exact) mass is 1130 g/mol. The molecular weight excluding hydrogens is 1080 g/mol. The van der Waals surface area contributed by atoms with Crippen LogP contribution in [0.4, 0.5) is 29.3 Å². The van der Waals surface area contributed by atoms with Gasteiger partial charge in [-0.3, -0.25) is 43.7 Å². The number of hydrogen-bond donors (Lipinski definition) is 4. The minimum atomic E-state index is -5.20. The van der Waals surface area contributed by atoms with Gasteiger partial charge in [0.2, 0.25) is 11.8 Å². The Morgan fingerprint density at radius 3 is 1.53 bits per heavy atom. The smallest absolute Gasteiger partial charge is 0.433 e. The van der Waals surface area contributed by atoms with Crippen LogP contribution in [0.5, 0.6) is 0 Å². The quantitative estimate of drug-likeness (QED) is 0.00894. The number of carboxylic acids is 1. The number of nitrogens with one attached hydrogen (secondary N) is 2. The van der Waals surface area contributed by atoms with Crippen molar-refractivity contribution in [1.82, 2.24) is 20.0 Å². The molecule has 0 saturated carbocycles. The molecule has 2 amide bonds. The summed E-state index contributed by atoms with van der Waals surface area (Å²) < 4.78 is 116. The van der Waals surface area contributed by atoms with E-state index in [0.29, 0.717) is 12.8 Å². The number of benzene rings is 2. The molecule has 74 heavy (non-hydrogen) atoms. The van der Waals surface area contributed by atoms with Crippen molar-refractivity contribution in [3.05, 3.63) is 127 Å². The number of carbonyl (C=O) groups is 4. The van der Waals surface area contributed by atoms with Crippen molar-refractivity contribution < 1.29 is 83.5 Å². The number of nitrogens with zero attached hydrogens (tertiary/aromatic N) is 4. The molecule has 406 valence electrons. The fourth-order valence-corrected chi connectivity index (χ4v) is 11.2. The summed E-state index contributed by atoms with van der Waals surface area (Å²) in [5, 5.41) is 36.1. The van der Waals surface area contributed by atoms with Gasteiger partial charge in [0.1, 0.15) is 46.7 Å². The number of amides is 2. The average molecular weight is 1130 g/mol. The van der Waals surface area contributed by atoms with E-state index in [-0.39, 0.29) is 60.3 Å². The minimum Gasteiger partial charge on any atom is -0.481 e. The second kappa shape index (κ2) is 27.2. The van der Waals surface area contributed by atoms with Crippen LogP contribution >= 0.6 is 38.2 Å². The summed E-state index contributed by atoms with van der Waals surface area (Å²) in [7, 11) is -8.12. The van der Waals surface area contributed by atoms with Gasteiger partial charge in [-0.1, -0.05) is 48.5 Å². The maximum absolute atomic E-state index is 16.4. The number of unbranched alkanes of at least 4 members (excludes halogenated alkanes) is 2. The van der Waals surface area contributed by atoms with Crippen molar-refractivity contribution in [2.75, 3.05) is 38.9 Å². The molecule has 2 unspecified atom stereocenters. The normalized spacial score (nSPS) is 14.4. The highest BCUT2D eigenvalue weighted by atomic mass is 35.5. The molecule has 0 aliphatic carbocycles. The Bertz CT molecular complexity index is 2680. The van der Waals surface area contributed by atoms with Gasteiger partial charge in [0.15, 0.2) is 0 Å². The van der Waals surface area contributed by atoms with Gasteiger partial charge in [0.25, 0.3) is 0 Å². The Kier molecular flexibility index (Phi) is 22.3. The highest BCUT2D eigenvalue weighted by Gasteiger charge is 2.57. The third-order valence-electron chi connectivity index (χ3n) is 10.9. The van der Waals surface area contributed by atoms with Crippen LogP contribution in [0.15, 0.2) is 81.6 Å². The lowest BCUT2D eigenvalue weighted by Crippen LogP contribution is -2.53. The van der Waals surface area contributed by atoms with E-state index in [4.69, 9.17) is 47.0 Å². The molecule has 0 bridgehead atoms. The maximum Gasteiger partial charge on any atom is 0.433 e. The van der Waals surface area contributed by atoms with Crippen molar-refractivity contribution in [3.63, 3.8) is 0 Å². The number of carbonyl (C=O) groups excluding carboxylic acids is 3. The molecule has 0 radical (unpaired) electrons. The number of nitro groups is 2. The largest absolute Gasteiger partial charge is 0.481 e. The molecular formula is C43H51Cl2F4N7O16P2. The van der Waals surface area contributed by atoms with E-state index in [1.165, 1.54) is 0 Å². The molecule has 0 fully saturated rings. The molecule has 0 saturated heterocycles. The fourth-order valence-electron chi connectivity index (χ4n) is 6.90. The van der Waals surface area contributed by atoms with E-state index in [2.05, 4.69) is 15.5 Å². The van der Waals surface area contributed by atoms with Crippen molar-refractivity contribution in [3.8, 4) is 0 Å². The minimum absolute atomic E-state index is 0.0500. The lowest BCUT2D eigenvalue weighted by molar-refractivity contribution is -0.402. The molecule has 2 aromatic carbocycles. The summed E-state index contributed by atoms with van der Waals surface area (Å²) in [5.41, 5.74) is -9.99. The average Bonchev–Trinajstić information content (AvgIpc) is 4.05. The van der Waals surface area contributed by atoms with Gasteiger partial charge in [0.05, 0.1) is 25.0 Å². The number of halogens is 6. The summed E-state index contributed by atoms with van der Waals surface area (Å²) in [6.07, 6.45) is -0.958. The predicted octanol–water partition coefficient (Wildman–Crippen LogP) is 8.16. The molecule has 0 spiro atoms. The first-order chi connectivity index (χ1) is 34.8. The van der Waals surface area contributed by atoms with E-state index in [0.717, 1.165) is 96.2 Å². The van der Waals surface area contributed by atoms with Crippen molar-refractivity contribution in [1.29, 1.82) is 0 Å². The second-order valence-corrected chi connectivity index (χ2v) is 22.1. The Labute approximate surface area is 429 Å². The van der Waals surface area contributed by atoms with Gasteiger partial charge in [-0.05, 0) is 63.0 Å². The molecule has 31 heteroatoms. The number of aliphatic carboxylic acids is 1. The van der Waals surface area contributed by atoms with Crippen LogP contribution in [0.2, 0.25) is 0 Å². The van der Waals surface area contributed by atoms with Crippen molar-refractivity contribution in [2.45, 2.75) is 81.6 Å². The van der Waals surface area contributed by atoms with Crippen LogP contribution in [0.25, 0.3) is 0 Å². The van der Waals surface area contributed by atoms with Gasteiger partial charge >= 0.3 is 50.1 Å². The van der Waals surface area contributed by atoms with Gasteiger partial charge < -0.3 is 38.5 Å². The maximum atomic E-state index is 16.4. The highest BCUT2D eigenvalue weighted by Crippen LogP contribution is 2.69. The molecule has 0 aliphatic heterocycles. The Morgan fingerprint density at radius 2 is 1.15 bits per heavy atom. The van der Waals surface area contributed by atoms with Crippen LogP contribution in [0.3, 0.4) is 0 Å². The Balaban J connectivity index is 1.49. The van der Waals surface area contributed by atoms with Gasteiger partial charge in [0, 0.05) is 42.4 Å². The molecule has 5 N–H and O–H groups in total. The summed E-state index contributed by atoms with van der Waals surface area (Å²) >= 11 is 11.5. The molecule has 2 aromatic heterocycles. The Hall–Kier alpha value is -5.76. The number of alkyl halides is 6. The third kappa shape index (κ3) is 15.6. The molecule has 4 aromatic rings. The number of nitrogens with two attached hydrogens (primary N) is 1. The van der Waals surface area contributed by atoms with E-state index in [1.807, 2.05) is 0 Å². The fraction of sp³-hybridized carbons (Fsp3) is 0.442. The first-order valence-electron chi connectivity index (χ1n) is 22.0. The zero-order valence-electron chi connectivity index (χ0n) is 39.4. The predicted molar refractivity (Wildman–Crippen MR) is 255 cm³/mol. The third-order valence-corrected chi connectivity index (χ3v) is 16.5. The van der Waals surface area contributed by atoms with Gasteiger partial charge in [-0.2, -0.15) is 23.5 Å².